The van der Waals surface area contributed by atoms with Crippen molar-refractivity contribution < 1.29 is 9.57 Å². The van der Waals surface area contributed by atoms with Crippen LogP contribution in [0.15, 0.2) is 66.3 Å². The largest absolute Gasteiger partial charge is 0.487 e. The molecule has 0 aliphatic carbocycles. The highest BCUT2D eigenvalue weighted by molar-refractivity contribution is 6.31. The second-order valence-corrected chi connectivity index (χ2v) is 7.17. The van der Waals surface area contributed by atoms with Crippen molar-refractivity contribution in [2.24, 2.45) is 5.16 Å². The van der Waals surface area contributed by atoms with Gasteiger partial charge in [0.2, 0.25) is 0 Å². The summed E-state index contributed by atoms with van der Waals surface area (Å²) in [6, 6.07) is 12.8. The van der Waals surface area contributed by atoms with Gasteiger partial charge >= 0.3 is 0 Å². The minimum atomic E-state index is -0.164. The van der Waals surface area contributed by atoms with Crippen molar-refractivity contribution in [3.05, 3.63) is 82.4 Å². The minimum Gasteiger partial charge on any atom is -0.487 e. The Kier molecular flexibility index (Phi) is 5.05. The predicted molar refractivity (Wildman–Crippen MR) is 106 cm³/mol. The molecule has 2 unspecified atom stereocenters. The van der Waals surface area contributed by atoms with Crippen molar-refractivity contribution >= 4 is 28.9 Å². The van der Waals surface area contributed by atoms with Crippen molar-refractivity contribution in [2.45, 2.75) is 25.7 Å². The second-order valence-electron chi connectivity index (χ2n) is 6.29. The summed E-state index contributed by atoms with van der Waals surface area (Å²) in [6.07, 6.45) is 5.21. The molecule has 0 spiro atoms. The number of hydrogen-bond acceptors (Lipinski definition) is 4. The van der Waals surface area contributed by atoms with E-state index in [1.54, 1.807) is 18.6 Å². The fraction of sp³-hybridized carbons (Fsp3) is 0.200. The number of halogens is 2. The monoisotopic (exact) mass is 401 g/mol. The van der Waals surface area contributed by atoms with E-state index in [0.29, 0.717) is 22.4 Å². The van der Waals surface area contributed by atoms with Gasteiger partial charge in [-0.05, 0) is 42.8 Å². The normalized spacial score (nSPS) is 20.2. The SMILES string of the molecule is CC1Oc2cc(Cl)ccc2/C(=N/OCc2ccc(Cl)cc2)C1n1ccnc1. The number of benzene rings is 2. The van der Waals surface area contributed by atoms with Gasteiger partial charge in [-0.25, -0.2) is 4.98 Å². The molecule has 0 saturated heterocycles. The van der Waals surface area contributed by atoms with Crippen molar-refractivity contribution in [3.63, 3.8) is 0 Å². The van der Waals surface area contributed by atoms with Crippen LogP contribution in [0.3, 0.4) is 0 Å². The lowest BCUT2D eigenvalue weighted by atomic mass is 9.95. The zero-order chi connectivity index (χ0) is 18.8. The number of aromatic nitrogens is 2. The fourth-order valence-electron chi connectivity index (χ4n) is 3.13. The molecule has 2 atom stereocenters. The van der Waals surface area contributed by atoms with E-state index in [9.17, 15) is 0 Å². The lowest BCUT2D eigenvalue weighted by Crippen LogP contribution is -2.37. The van der Waals surface area contributed by atoms with Gasteiger partial charge in [0.15, 0.2) is 0 Å². The van der Waals surface area contributed by atoms with Crippen LogP contribution in [0.25, 0.3) is 0 Å². The van der Waals surface area contributed by atoms with E-state index in [1.165, 1.54) is 0 Å². The van der Waals surface area contributed by atoms with Crippen molar-refractivity contribution in [1.29, 1.82) is 0 Å². The standard InChI is InChI=1S/C20H17Cl2N3O2/c1-13-20(25-9-8-23-12-25)19(17-7-6-16(22)10-18(17)27-13)24-26-11-14-2-4-15(21)5-3-14/h2-10,12-13,20H,11H2,1H3/b24-19-. The number of imidazole rings is 1. The molecule has 1 aromatic heterocycles. The molecule has 1 aliphatic heterocycles. The summed E-state index contributed by atoms with van der Waals surface area (Å²) in [5.41, 5.74) is 2.61. The highest BCUT2D eigenvalue weighted by Crippen LogP contribution is 2.36. The van der Waals surface area contributed by atoms with Gasteiger partial charge in [-0.1, -0.05) is 40.5 Å². The maximum atomic E-state index is 6.13. The maximum absolute atomic E-state index is 6.13. The molecule has 2 heterocycles. The van der Waals surface area contributed by atoms with Crippen LogP contribution in [-0.2, 0) is 11.4 Å². The lowest BCUT2D eigenvalue weighted by molar-refractivity contribution is 0.122. The quantitative estimate of drug-likeness (QED) is 0.569. The van der Waals surface area contributed by atoms with Crippen LogP contribution in [0.1, 0.15) is 24.1 Å². The first-order valence-electron chi connectivity index (χ1n) is 8.50. The fourth-order valence-corrected chi connectivity index (χ4v) is 3.42. The highest BCUT2D eigenvalue weighted by Gasteiger charge is 2.35. The molecule has 138 valence electrons. The Morgan fingerprint density at radius 1 is 1.15 bits per heavy atom. The van der Waals surface area contributed by atoms with Crippen molar-refractivity contribution in [1.82, 2.24) is 9.55 Å². The Morgan fingerprint density at radius 3 is 2.67 bits per heavy atom. The molecular weight excluding hydrogens is 385 g/mol. The number of ether oxygens (including phenoxy) is 1. The molecule has 27 heavy (non-hydrogen) atoms. The molecule has 3 aromatic rings. The van der Waals surface area contributed by atoms with Gasteiger partial charge in [0.05, 0.1) is 6.33 Å². The van der Waals surface area contributed by atoms with E-state index in [-0.39, 0.29) is 12.1 Å². The maximum Gasteiger partial charge on any atom is 0.142 e. The van der Waals surface area contributed by atoms with E-state index in [4.69, 9.17) is 32.8 Å². The average Bonchev–Trinajstić information content (AvgIpc) is 3.17. The zero-order valence-electron chi connectivity index (χ0n) is 14.5. The summed E-state index contributed by atoms with van der Waals surface area (Å²) in [7, 11) is 0. The minimum absolute atomic E-state index is 0.161. The van der Waals surface area contributed by atoms with E-state index < -0.39 is 0 Å². The number of nitrogens with zero attached hydrogens (tertiary/aromatic N) is 3. The van der Waals surface area contributed by atoms with Gasteiger partial charge in [0.1, 0.15) is 30.2 Å². The van der Waals surface area contributed by atoms with Gasteiger partial charge in [-0.3, -0.25) is 0 Å². The molecule has 7 heteroatoms. The Labute approximate surface area is 167 Å². The molecule has 0 saturated carbocycles. The molecule has 0 radical (unpaired) electrons. The van der Waals surface area contributed by atoms with E-state index >= 15 is 0 Å². The van der Waals surface area contributed by atoms with Crippen LogP contribution < -0.4 is 4.74 Å². The molecule has 0 amide bonds. The lowest BCUT2D eigenvalue weighted by Gasteiger charge is -2.33. The third-order valence-electron chi connectivity index (χ3n) is 4.41. The van der Waals surface area contributed by atoms with Crippen LogP contribution in [0, 0.1) is 0 Å². The van der Waals surface area contributed by atoms with Crippen LogP contribution in [0.5, 0.6) is 5.75 Å². The first-order valence-corrected chi connectivity index (χ1v) is 9.26. The third-order valence-corrected chi connectivity index (χ3v) is 4.90. The van der Waals surface area contributed by atoms with Gasteiger partial charge in [-0.15, -0.1) is 0 Å². The number of fused-ring (bicyclic) bond motifs is 1. The van der Waals surface area contributed by atoms with Crippen LogP contribution in [-0.4, -0.2) is 21.4 Å². The molecule has 4 rings (SSSR count). The Bertz CT molecular complexity index is 956. The third kappa shape index (κ3) is 3.80. The summed E-state index contributed by atoms with van der Waals surface area (Å²) in [5.74, 6) is 0.695. The first-order chi connectivity index (χ1) is 13.1. The zero-order valence-corrected chi connectivity index (χ0v) is 16.1. The van der Waals surface area contributed by atoms with E-state index in [2.05, 4.69) is 10.1 Å². The average molecular weight is 402 g/mol. The van der Waals surface area contributed by atoms with Crippen LogP contribution >= 0.6 is 23.2 Å². The Hall–Kier alpha value is -2.50. The van der Waals surface area contributed by atoms with Crippen molar-refractivity contribution in [2.75, 3.05) is 0 Å². The smallest absolute Gasteiger partial charge is 0.142 e. The molecule has 0 fully saturated rings. The molecule has 1 aliphatic rings. The molecule has 0 N–H and O–H groups in total. The Balaban J connectivity index is 1.67. The van der Waals surface area contributed by atoms with Crippen LogP contribution in [0.4, 0.5) is 0 Å². The summed E-state index contributed by atoms with van der Waals surface area (Å²) < 4.78 is 8.04. The van der Waals surface area contributed by atoms with Gasteiger partial charge in [-0.2, -0.15) is 0 Å². The topological polar surface area (TPSA) is 48.6 Å². The summed E-state index contributed by atoms with van der Waals surface area (Å²) in [6.45, 7) is 2.33. The summed E-state index contributed by atoms with van der Waals surface area (Å²) in [5, 5.41) is 5.78. The van der Waals surface area contributed by atoms with Gasteiger partial charge < -0.3 is 14.1 Å². The number of oxime groups is 1. The van der Waals surface area contributed by atoms with Crippen molar-refractivity contribution in [3.8, 4) is 5.75 Å². The highest BCUT2D eigenvalue weighted by atomic mass is 35.5. The summed E-state index contributed by atoms with van der Waals surface area (Å²) in [4.78, 5) is 9.84. The van der Waals surface area contributed by atoms with Crippen LogP contribution in [0.2, 0.25) is 10.0 Å². The molecule has 5 nitrogen and oxygen atoms in total. The van der Waals surface area contributed by atoms with Gasteiger partial charge in [0, 0.05) is 28.0 Å². The predicted octanol–water partition coefficient (Wildman–Crippen LogP) is 5.13. The van der Waals surface area contributed by atoms with Gasteiger partial charge in [0.25, 0.3) is 0 Å². The second kappa shape index (κ2) is 7.62. The summed E-state index contributed by atoms with van der Waals surface area (Å²) >= 11 is 12.1. The molecular formula is C20H17Cl2N3O2. The first kappa shape index (κ1) is 17.9. The van der Waals surface area contributed by atoms with E-state index in [0.717, 1.165) is 16.8 Å². The van der Waals surface area contributed by atoms with E-state index in [1.807, 2.05) is 54.1 Å². The number of hydrogen-bond donors (Lipinski definition) is 0. The molecule has 2 aromatic carbocycles. The molecule has 0 bridgehead atoms. The Morgan fingerprint density at radius 2 is 1.93 bits per heavy atom. The number of rotatable bonds is 4.